The van der Waals surface area contributed by atoms with Crippen LogP contribution >= 0.6 is 0 Å². The highest BCUT2D eigenvalue weighted by Gasteiger charge is 2.17. The molecule has 30 heavy (non-hydrogen) atoms. The van der Waals surface area contributed by atoms with E-state index < -0.39 is 0 Å². The smallest absolute Gasteiger partial charge is 0.119 e. The highest BCUT2D eigenvalue weighted by Crippen LogP contribution is 2.21. The van der Waals surface area contributed by atoms with Crippen LogP contribution in [0.2, 0.25) is 0 Å². The second-order valence-corrected chi connectivity index (χ2v) is 7.89. The number of ether oxygens (including phenoxy) is 1. The number of aryl methyl sites for hydroxylation is 1. The Morgan fingerprint density at radius 1 is 0.833 bits per heavy atom. The van der Waals surface area contributed by atoms with Crippen LogP contribution in [0.3, 0.4) is 0 Å². The van der Waals surface area contributed by atoms with Gasteiger partial charge >= 0.3 is 0 Å². The summed E-state index contributed by atoms with van der Waals surface area (Å²) < 4.78 is 11.6. The van der Waals surface area contributed by atoms with E-state index >= 15 is 0 Å². The molecule has 4 nitrogen and oxygen atoms in total. The molecule has 1 fully saturated rings. The van der Waals surface area contributed by atoms with Gasteiger partial charge in [0, 0.05) is 44.7 Å². The Kier molecular flexibility index (Phi) is 7.09. The lowest BCUT2D eigenvalue weighted by molar-refractivity contribution is 0.253. The van der Waals surface area contributed by atoms with E-state index in [0.717, 1.165) is 69.3 Å². The van der Waals surface area contributed by atoms with Crippen LogP contribution in [0.4, 0.5) is 5.69 Å². The Morgan fingerprint density at radius 3 is 2.30 bits per heavy atom. The molecule has 1 aliphatic rings. The van der Waals surface area contributed by atoms with Gasteiger partial charge in [0.05, 0.1) is 6.61 Å². The van der Waals surface area contributed by atoms with Gasteiger partial charge in [0.1, 0.15) is 17.3 Å². The summed E-state index contributed by atoms with van der Waals surface area (Å²) in [4.78, 5) is 5.04. The van der Waals surface area contributed by atoms with E-state index in [-0.39, 0.29) is 0 Å². The first-order valence-corrected chi connectivity index (χ1v) is 11.1. The second-order valence-electron chi connectivity index (χ2n) is 7.89. The van der Waals surface area contributed by atoms with Gasteiger partial charge in [-0.25, -0.2) is 0 Å². The van der Waals surface area contributed by atoms with Crippen LogP contribution in [0.1, 0.15) is 30.4 Å². The summed E-state index contributed by atoms with van der Waals surface area (Å²) in [5.41, 5.74) is 2.59. The number of nitrogens with zero attached hydrogens (tertiary/aromatic N) is 2. The van der Waals surface area contributed by atoms with Gasteiger partial charge in [-0.05, 0) is 61.9 Å². The maximum atomic E-state index is 6.04. The van der Waals surface area contributed by atoms with Crippen LogP contribution in [-0.2, 0) is 12.8 Å². The summed E-state index contributed by atoms with van der Waals surface area (Å²) in [6.45, 7) is 8.25. The third-order valence-corrected chi connectivity index (χ3v) is 5.72. The van der Waals surface area contributed by atoms with E-state index in [1.54, 1.807) is 0 Å². The molecular weight excluding hydrogens is 372 g/mol. The average molecular weight is 405 g/mol. The predicted molar refractivity (Wildman–Crippen MR) is 123 cm³/mol. The maximum Gasteiger partial charge on any atom is 0.119 e. The molecule has 4 heteroatoms. The third kappa shape index (κ3) is 5.67. The molecule has 0 atom stereocenters. The topological polar surface area (TPSA) is 28.9 Å². The second kappa shape index (κ2) is 10.4. The van der Waals surface area contributed by atoms with E-state index in [0.29, 0.717) is 6.61 Å². The number of rotatable bonds is 9. The summed E-state index contributed by atoms with van der Waals surface area (Å²) in [5, 5.41) is 0. The van der Waals surface area contributed by atoms with Crippen molar-refractivity contribution >= 4 is 5.69 Å². The minimum atomic E-state index is 0.713. The molecule has 0 amide bonds. The lowest BCUT2D eigenvalue weighted by Gasteiger charge is -2.36. The van der Waals surface area contributed by atoms with E-state index in [1.807, 2.05) is 6.92 Å². The molecule has 2 aromatic carbocycles. The molecule has 1 aliphatic heterocycles. The zero-order valence-corrected chi connectivity index (χ0v) is 17.9. The quantitative estimate of drug-likeness (QED) is 0.500. The number of hydrogen-bond acceptors (Lipinski definition) is 4. The van der Waals surface area contributed by atoms with E-state index in [4.69, 9.17) is 9.15 Å². The van der Waals surface area contributed by atoms with Crippen molar-refractivity contribution in [2.24, 2.45) is 0 Å². The predicted octanol–water partition coefficient (Wildman–Crippen LogP) is 5.02. The van der Waals surface area contributed by atoms with Gasteiger partial charge in [-0.1, -0.05) is 30.3 Å². The first-order chi connectivity index (χ1) is 14.8. The Morgan fingerprint density at radius 2 is 1.57 bits per heavy atom. The van der Waals surface area contributed by atoms with E-state index in [9.17, 15) is 0 Å². The maximum absolute atomic E-state index is 6.04. The minimum absolute atomic E-state index is 0.713. The van der Waals surface area contributed by atoms with Crippen LogP contribution in [0.15, 0.2) is 71.1 Å². The van der Waals surface area contributed by atoms with Crippen molar-refractivity contribution in [1.82, 2.24) is 4.90 Å². The van der Waals surface area contributed by atoms with Crippen LogP contribution in [0.25, 0.3) is 0 Å². The van der Waals surface area contributed by atoms with Crippen molar-refractivity contribution < 1.29 is 9.15 Å². The van der Waals surface area contributed by atoms with E-state index in [2.05, 4.69) is 76.5 Å². The van der Waals surface area contributed by atoms with Gasteiger partial charge in [-0.15, -0.1) is 0 Å². The van der Waals surface area contributed by atoms with Crippen molar-refractivity contribution in [2.45, 2.75) is 26.2 Å². The summed E-state index contributed by atoms with van der Waals surface area (Å²) in [7, 11) is 0. The number of piperazine rings is 1. The fraction of sp³-hybridized carbons (Fsp3) is 0.385. The molecule has 0 aliphatic carbocycles. The number of benzene rings is 2. The summed E-state index contributed by atoms with van der Waals surface area (Å²) in [6.07, 6.45) is 3.02. The minimum Gasteiger partial charge on any atom is -0.494 e. The molecular formula is C26H32N2O2. The van der Waals surface area contributed by atoms with Crippen molar-refractivity contribution in [1.29, 1.82) is 0 Å². The molecule has 0 radical (unpaired) electrons. The van der Waals surface area contributed by atoms with Crippen LogP contribution in [-0.4, -0.2) is 44.2 Å². The average Bonchev–Trinajstić information content (AvgIpc) is 3.23. The van der Waals surface area contributed by atoms with E-state index in [1.165, 1.54) is 11.3 Å². The molecule has 0 saturated carbocycles. The Hall–Kier alpha value is -2.72. The van der Waals surface area contributed by atoms with Gasteiger partial charge in [0.15, 0.2) is 0 Å². The normalized spacial score (nSPS) is 14.8. The Bertz CT molecular complexity index is 881. The van der Waals surface area contributed by atoms with Crippen molar-refractivity contribution in [3.63, 3.8) is 0 Å². The molecule has 2 heterocycles. The number of hydrogen-bond donors (Lipinski definition) is 0. The van der Waals surface area contributed by atoms with Crippen LogP contribution < -0.4 is 9.64 Å². The Balaban J connectivity index is 1.17. The lowest BCUT2D eigenvalue weighted by Crippen LogP contribution is -2.46. The van der Waals surface area contributed by atoms with Gasteiger partial charge < -0.3 is 14.1 Å². The summed E-state index contributed by atoms with van der Waals surface area (Å²) in [5.74, 6) is 3.11. The fourth-order valence-corrected chi connectivity index (χ4v) is 4.08. The monoisotopic (exact) mass is 404 g/mol. The van der Waals surface area contributed by atoms with Crippen molar-refractivity contribution in [3.8, 4) is 5.75 Å². The fourth-order valence-electron chi connectivity index (χ4n) is 4.08. The van der Waals surface area contributed by atoms with Gasteiger partial charge in [0.2, 0.25) is 0 Å². The standard InChI is InChI=1S/C26H32N2O2/c1-2-29-24-12-10-23(11-13-24)28-19-17-27(18-20-28)16-6-9-25-14-15-26(30-25)21-22-7-4-3-5-8-22/h3-5,7-8,10-15H,2,6,9,16-21H2,1H3. The first-order valence-electron chi connectivity index (χ1n) is 11.1. The van der Waals surface area contributed by atoms with Crippen LogP contribution in [0.5, 0.6) is 5.75 Å². The van der Waals surface area contributed by atoms with Gasteiger partial charge in [-0.3, -0.25) is 4.90 Å². The van der Waals surface area contributed by atoms with Crippen LogP contribution in [0, 0.1) is 0 Å². The molecule has 0 N–H and O–H groups in total. The molecule has 158 valence electrons. The molecule has 1 aromatic heterocycles. The van der Waals surface area contributed by atoms with Gasteiger partial charge in [-0.2, -0.15) is 0 Å². The molecule has 0 spiro atoms. The third-order valence-electron chi connectivity index (χ3n) is 5.72. The lowest BCUT2D eigenvalue weighted by atomic mass is 10.1. The number of furan rings is 1. The zero-order chi connectivity index (χ0) is 20.6. The van der Waals surface area contributed by atoms with Gasteiger partial charge in [0.25, 0.3) is 0 Å². The largest absolute Gasteiger partial charge is 0.494 e. The highest BCUT2D eigenvalue weighted by atomic mass is 16.5. The highest BCUT2D eigenvalue weighted by molar-refractivity contribution is 5.49. The number of anilines is 1. The molecule has 0 unspecified atom stereocenters. The molecule has 3 aromatic rings. The molecule has 0 bridgehead atoms. The molecule has 1 saturated heterocycles. The zero-order valence-electron chi connectivity index (χ0n) is 17.9. The summed E-state index contributed by atoms with van der Waals surface area (Å²) in [6, 6.07) is 23.2. The molecule has 4 rings (SSSR count). The SMILES string of the molecule is CCOc1ccc(N2CCN(CCCc3ccc(Cc4ccccc4)o3)CC2)cc1. The first kappa shape index (κ1) is 20.5. The van der Waals surface area contributed by atoms with Crippen molar-refractivity contribution in [2.75, 3.05) is 44.2 Å². The summed E-state index contributed by atoms with van der Waals surface area (Å²) >= 11 is 0. The van der Waals surface area contributed by atoms with Crippen molar-refractivity contribution in [3.05, 3.63) is 83.8 Å². The Labute approximate surface area is 180 Å².